The highest BCUT2D eigenvalue weighted by Gasteiger charge is 2.22. The van der Waals surface area contributed by atoms with Crippen molar-refractivity contribution in [3.8, 4) is 0 Å². The lowest BCUT2D eigenvalue weighted by molar-refractivity contribution is 0.320. The molecule has 1 atom stereocenters. The molecule has 1 aromatic rings. The first-order valence-corrected chi connectivity index (χ1v) is 7.79. The summed E-state index contributed by atoms with van der Waals surface area (Å²) in [6.07, 6.45) is 8.93. The van der Waals surface area contributed by atoms with Gasteiger partial charge in [-0.1, -0.05) is 49.4 Å². The van der Waals surface area contributed by atoms with Crippen LogP contribution in [-0.2, 0) is 6.42 Å². The third kappa shape index (κ3) is 4.20. The maximum absolute atomic E-state index is 6.33. The molecule has 1 aromatic carbocycles. The number of halogens is 1. The predicted molar refractivity (Wildman–Crippen MR) is 82.2 cm³/mol. The van der Waals surface area contributed by atoms with Gasteiger partial charge in [-0.3, -0.25) is 11.3 Å². The van der Waals surface area contributed by atoms with Gasteiger partial charge in [0.1, 0.15) is 0 Å². The topological polar surface area (TPSA) is 38.0 Å². The Bertz CT molecular complexity index is 398. The van der Waals surface area contributed by atoms with Crippen molar-refractivity contribution in [1.82, 2.24) is 5.43 Å². The summed E-state index contributed by atoms with van der Waals surface area (Å²) >= 11 is 6.33. The molecule has 106 valence electrons. The molecular weight excluding hydrogens is 256 g/mol. The Morgan fingerprint density at radius 3 is 2.53 bits per heavy atom. The van der Waals surface area contributed by atoms with Gasteiger partial charge in [0.15, 0.2) is 0 Å². The molecule has 2 nitrogen and oxygen atoms in total. The summed E-state index contributed by atoms with van der Waals surface area (Å²) in [6.45, 7) is 2.07. The lowest BCUT2D eigenvalue weighted by Gasteiger charge is -2.26. The molecule has 0 bridgehead atoms. The van der Waals surface area contributed by atoms with Gasteiger partial charge >= 0.3 is 0 Å². The lowest BCUT2D eigenvalue weighted by atomic mass is 9.88. The highest BCUT2D eigenvalue weighted by atomic mass is 35.5. The fourth-order valence-corrected chi connectivity index (χ4v) is 3.44. The Labute approximate surface area is 121 Å². The Kier molecular flexibility index (Phi) is 5.68. The van der Waals surface area contributed by atoms with Gasteiger partial charge in [0, 0.05) is 11.1 Å². The average molecular weight is 281 g/mol. The van der Waals surface area contributed by atoms with Gasteiger partial charge in [-0.05, 0) is 49.3 Å². The van der Waals surface area contributed by atoms with Crippen LogP contribution in [0.5, 0.6) is 0 Å². The van der Waals surface area contributed by atoms with Crippen molar-refractivity contribution in [3.05, 3.63) is 34.3 Å². The van der Waals surface area contributed by atoms with Crippen LogP contribution < -0.4 is 11.3 Å². The predicted octanol–water partition coefficient (Wildman–Crippen LogP) is 3.99. The van der Waals surface area contributed by atoms with Crippen LogP contribution in [0.1, 0.15) is 49.7 Å². The minimum Gasteiger partial charge on any atom is -0.271 e. The van der Waals surface area contributed by atoms with Gasteiger partial charge in [-0.15, -0.1) is 0 Å². The van der Waals surface area contributed by atoms with E-state index in [9.17, 15) is 0 Å². The Morgan fingerprint density at radius 1 is 1.26 bits per heavy atom. The van der Waals surface area contributed by atoms with Crippen molar-refractivity contribution < 1.29 is 0 Å². The summed E-state index contributed by atoms with van der Waals surface area (Å²) in [4.78, 5) is 0. The van der Waals surface area contributed by atoms with E-state index in [2.05, 4.69) is 24.5 Å². The average Bonchev–Trinajstić information content (AvgIpc) is 2.67. The molecule has 0 spiro atoms. The minimum absolute atomic E-state index is 0.346. The van der Waals surface area contributed by atoms with E-state index in [-0.39, 0.29) is 0 Å². The Hall–Kier alpha value is -0.570. The van der Waals surface area contributed by atoms with Crippen LogP contribution >= 0.6 is 11.6 Å². The quantitative estimate of drug-likeness (QED) is 0.497. The summed E-state index contributed by atoms with van der Waals surface area (Å²) in [7, 11) is 0. The number of hydrogen-bond acceptors (Lipinski definition) is 2. The second-order valence-corrected chi connectivity index (χ2v) is 6.23. The van der Waals surface area contributed by atoms with Crippen molar-refractivity contribution in [1.29, 1.82) is 0 Å². The van der Waals surface area contributed by atoms with Gasteiger partial charge in [0.2, 0.25) is 0 Å². The standard InChI is InChI=1S/C16H25ClN2/c1-12-8-9-14(15(17)10-12)11-16(19-18)13-6-4-2-3-5-7-13/h8-10,13,16,19H,2-7,11,18H2,1H3. The van der Waals surface area contributed by atoms with E-state index in [1.54, 1.807) is 0 Å². The molecule has 1 aliphatic rings. The molecule has 0 amide bonds. The summed E-state index contributed by atoms with van der Waals surface area (Å²) in [5, 5.41) is 0.869. The molecule has 0 aromatic heterocycles. The normalized spacial score (nSPS) is 19.1. The van der Waals surface area contributed by atoms with E-state index in [0.29, 0.717) is 12.0 Å². The van der Waals surface area contributed by atoms with Crippen LogP contribution in [0.4, 0.5) is 0 Å². The molecule has 3 N–H and O–H groups in total. The van der Waals surface area contributed by atoms with E-state index < -0.39 is 0 Å². The van der Waals surface area contributed by atoms with E-state index in [1.807, 2.05) is 6.07 Å². The van der Waals surface area contributed by atoms with Gasteiger partial charge < -0.3 is 0 Å². The lowest BCUT2D eigenvalue weighted by Crippen LogP contribution is -2.42. The molecule has 3 heteroatoms. The highest BCUT2D eigenvalue weighted by molar-refractivity contribution is 6.31. The van der Waals surface area contributed by atoms with Crippen molar-refractivity contribution in [2.24, 2.45) is 11.8 Å². The molecule has 0 heterocycles. The second-order valence-electron chi connectivity index (χ2n) is 5.82. The molecule has 1 aliphatic carbocycles. The van der Waals surface area contributed by atoms with E-state index in [1.165, 1.54) is 49.7 Å². The first-order valence-electron chi connectivity index (χ1n) is 7.42. The Balaban J connectivity index is 2.04. The smallest absolute Gasteiger partial charge is 0.0441 e. The van der Waals surface area contributed by atoms with Crippen LogP contribution in [0.15, 0.2) is 18.2 Å². The number of nitrogens with two attached hydrogens (primary N) is 1. The molecule has 0 saturated heterocycles. The van der Waals surface area contributed by atoms with Crippen molar-refractivity contribution in [2.75, 3.05) is 0 Å². The maximum atomic E-state index is 6.33. The fourth-order valence-electron chi connectivity index (χ4n) is 3.13. The van der Waals surface area contributed by atoms with Gasteiger partial charge in [-0.25, -0.2) is 0 Å². The summed E-state index contributed by atoms with van der Waals surface area (Å²) in [5.74, 6) is 6.47. The third-order valence-electron chi connectivity index (χ3n) is 4.33. The van der Waals surface area contributed by atoms with Gasteiger partial charge in [0.05, 0.1) is 0 Å². The molecule has 0 aliphatic heterocycles. The van der Waals surface area contributed by atoms with Crippen LogP contribution in [0, 0.1) is 12.8 Å². The van der Waals surface area contributed by atoms with Crippen LogP contribution in [0.3, 0.4) is 0 Å². The maximum Gasteiger partial charge on any atom is 0.0441 e. The molecule has 1 unspecified atom stereocenters. The van der Waals surface area contributed by atoms with Gasteiger partial charge in [-0.2, -0.15) is 0 Å². The monoisotopic (exact) mass is 280 g/mol. The fraction of sp³-hybridized carbons (Fsp3) is 0.625. The molecular formula is C16H25ClN2. The van der Waals surface area contributed by atoms with Crippen molar-refractivity contribution in [2.45, 2.75) is 57.9 Å². The summed E-state index contributed by atoms with van der Waals surface area (Å²) < 4.78 is 0. The summed E-state index contributed by atoms with van der Waals surface area (Å²) in [6, 6.07) is 6.65. The van der Waals surface area contributed by atoms with E-state index >= 15 is 0 Å². The number of benzene rings is 1. The van der Waals surface area contributed by atoms with E-state index in [0.717, 1.165) is 11.4 Å². The SMILES string of the molecule is Cc1ccc(CC(NN)C2CCCCCC2)c(Cl)c1. The largest absolute Gasteiger partial charge is 0.271 e. The number of hydrazine groups is 1. The molecule has 1 fully saturated rings. The number of rotatable bonds is 4. The Morgan fingerprint density at radius 2 is 1.95 bits per heavy atom. The minimum atomic E-state index is 0.346. The van der Waals surface area contributed by atoms with Crippen LogP contribution in [0.2, 0.25) is 5.02 Å². The zero-order valence-electron chi connectivity index (χ0n) is 11.8. The molecule has 1 saturated carbocycles. The van der Waals surface area contributed by atoms with Crippen LogP contribution in [-0.4, -0.2) is 6.04 Å². The second kappa shape index (κ2) is 7.28. The van der Waals surface area contributed by atoms with E-state index in [4.69, 9.17) is 17.4 Å². The number of nitrogens with one attached hydrogen (secondary N) is 1. The first kappa shape index (κ1) is 14.8. The molecule has 0 radical (unpaired) electrons. The zero-order chi connectivity index (χ0) is 13.7. The van der Waals surface area contributed by atoms with Crippen LogP contribution in [0.25, 0.3) is 0 Å². The van der Waals surface area contributed by atoms with Gasteiger partial charge in [0.25, 0.3) is 0 Å². The molecule has 2 rings (SSSR count). The van der Waals surface area contributed by atoms with Crippen molar-refractivity contribution in [3.63, 3.8) is 0 Å². The number of aryl methyl sites for hydroxylation is 1. The first-order chi connectivity index (χ1) is 9.20. The highest BCUT2D eigenvalue weighted by Crippen LogP contribution is 2.28. The molecule has 19 heavy (non-hydrogen) atoms. The third-order valence-corrected chi connectivity index (χ3v) is 4.68. The summed E-state index contributed by atoms with van der Waals surface area (Å²) in [5.41, 5.74) is 5.45. The number of hydrogen-bond donors (Lipinski definition) is 2. The van der Waals surface area contributed by atoms with Crippen molar-refractivity contribution >= 4 is 11.6 Å². The zero-order valence-corrected chi connectivity index (χ0v) is 12.5.